The molecule has 1 aromatic carbocycles. The van der Waals surface area contributed by atoms with Crippen LogP contribution in [0.2, 0.25) is 5.02 Å². The van der Waals surface area contributed by atoms with E-state index in [-0.39, 0.29) is 22.7 Å². The van der Waals surface area contributed by atoms with Gasteiger partial charge in [0.1, 0.15) is 17.7 Å². The Kier molecular flexibility index (Phi) is 6.26. The van der Waals surface area contributed by atoms with E-state index in [9.17, 15) is 4.39 Å². The third kappa shape index (κ3) is 4.66. The first-order valence-corrected chi connectivity index (χ1v) is 9.39. The van der Waals surface area contributed by atoms with Gasteiger partial charge in [0.25, 0.3) is 0 Å². The number of hydrogen-bond acceptors (Lipinski definition) is 6. The average Bonchev–Trinajstić information content (AvgIpc) is 2.65. The summed E-state index contributed by atoms with van der Waals surface area (Å²) in [6, 6.07) is 4.21. The zero-order chi connectivity index (χ0) is 20.3. The fraction of sp³-hybridized carbons (Fsp3) is 0.350. The number of ether oxygens (including phenoxy) is 2. The summed E-state index contributed by atoms with van der Waals surface area (Å²) in [5.41, 5.74) is 7.34. The Balaban J connectivity index is 1.85. The highest BCUT2D eigenvalue weighted by Gasteiger charge is 2.25. The SMILES string of the molecule is COC1=CC(=N)/C(=C(\N)Nc2ccc(F)c(Cl)c2)C=C1OC1CCCN(C)C1. The van der Waals surface area contributed by atoms with Gasteiger partial charge in [-0.15, -0.1) is 0 Å². The van der Waals surface area contributed by atoms with E-state index < -0.39 is 5.82 Å². The van der Waals surface area contributed by atoms with Crippen LogP contribution in [-0.2, 0) is 9.47 Å². The lowest BCUT2D eigenvalue weighted by Crippen LogP contribution is -2.37. The largest absolute Gasteiger partial charge is 0.493 e. The number of rotatable bonds is 5. The number of benzene rings is 1. The number of nitrogens with one attached hydrogen (secondary N) is 2. The van der Waals surface area contributed by atoms with Crippen molar-refractivity contribution in [2.45, 2.75) is 18.9 Å². The number of allylic oxidation sites excluding steroid dienone is 3. The van der Waals surface area contributed by atoms with Gasteiger partial charge < -0.3 is 25.4 Å². The Morgan fingerprint density at radius 1 is 1.36 bits per heavy atom. The summed E-state index contributed by atoms with van der Waals surface area (Å²) in [6.07, 6.45) is 5.33. The van der Waals surface area contributed by atoms with E-state index in [1.807, 2.05) is 0 Å². The van der Waals surface area contributed by atoms with E-state index in [1.165, 1.54) is 18.2 Å². The molecule has 4 N–H and O–H groups in total. The number of hydrogen-bond donors (Lipinski definition) is 3. The molecule has 1 fully saturated rings. The van der Waals surface area contributed by atoms with E-state index >= 15 is 0 Å². The van der Waals surface area contributed by atoms with Crippen LogP contribution in [0.3, 0.4) is 0 Å². The van der Waals surface area contributed by atoms with Crippen LogP contribution in [0.1, 0.15) is 12.8 Å². The molecule has 6 nitrogen and oxygen atoms in total. The maximum absolute atomic E-state index is 13.3. The van der Waals surface area contributed by atoms with Crippen molar-refractivity contribution in [3.63, 3.8) is 0 Å². The van der Waals surface area contributed by atoms with E-state index in [0.717, 1.165) is 25.9 Å². The minimum absolute atomic E-state index is 0.0101. The van der Waals surface area contributed by atoms with Gasteiger partial charge in [-0.3, -0.25) is 5.41 Å². The molecule has 0 aromatic heterocycles. The quantitative estimate of drug-likeness (QED) is 0.695. The molecule has 0 spiro atoms. The molecule has 0 saturated carbocycles. The maximum Gasteiger partial charge on any atom is 0.162 e. The lowest BCUT2D eigenvalue weighted by atomic mass is 10.0. The highest BCUT2D eigenvalue weighted by molar-refractivity contribution is 6.31. The first-order chi connectivity index (χ1) is 13.4. The van der Waals surface area contributed by atoms with E-state index in [1.54, 1.807) is 19.3 Å². The van der Waals surface area contributed by atoms with Crippen molar-refractivity contribution < 1.29 is 13.9 Å². The predicted molar refractivity (Wildman–Crippen MR) is 109 cm³/mol. The number of methoxy groups -OCH3 is 1. The zero-order valence-corrected chi connectivity index (χ0v) is 16.6. The number of nitrogens with zero attached hydrogens (tertiary/aromatic N) is 1. The second kappa shape index (κ2) is 8.67. The molecule has 1 saturated heterocycles. The molecule has 1 unspecified atom stereocenters. The third-order valence-electron chi connectivity index (χ3n) is 4.67. The lowest BCUT2D eigenvalue weighted by molar-refractivity contribution is 0.0437. The zero-order valence-electron chi connectivity index (χ0n) is 15.9. The van der Waals surface area contributed by atoms with Gasteiger partial charge >= 0.3 is 0 Å². The summed E-state index contributed by atoms with van der Waals surface area (Å²) in [5.74, 6) is 0.751. The van der Waals surface area contributed by atoms with Crippen LogP contribution in [0.5, 0.6) is 0 Å². The number of halogens is 2. The molecule has 1 aliphatic heterocycles. The molecule has 3 rings (SSSR count). The normalized spacial score (nSPS) is 22.3. The first-order valence-electron chi connectivity index (χ1n) is 9.01. The highest BCUT2D eigenvalue weighted by atomic mass is 35.5. The Morgan fingerprint density at radius 2 is 2.14 bits per heavy atom. The number of piperidine rings is 1. The molecule has 8 heteroatoms. The topological polar surface area (TPSA) is 83.6 Å². The third-order valence-corrected chi connectivity index (χ3v) is 4.96. The van der Waals surface area contributed by atoms with Crippen LogP contribution in [0.4, 0.5) is 10.1 Å². The lowest BCUT2D eigenvalue weighted by Gasteiger charge is -2.31. The molecule has 28 heavy (non-hydrogen) atoms. The number of likely N-dealkylation sites (tertiary alicyclic amines) is 1. The summed E-state index contributed by atoms with van der Waals surface area (Å²) in [7, 11) is 3.61. The minimum Gasteiger partial charge on any atom is -0.493 e. The average molecular weight is 407 g/mol. The summed E-state index contributed by atoms with van der Waals surface area (Å²) < 4.78 is 24.9. The van der Waals surface area contributed by atoms with Gasteiger partial charge in [0, 0.05) is 23.9 Å². The van der Waals surface area contributed by atoms with Gasteiger partial charge in [0.15, 0.2) is 11.5 Å². The molecule has 1 aliphatic carbocycles. The van der Waals surface area contributed by atoms with Crippen molar-refractivity contribution in [3.05, 3.63) is 64.1 Å². The molecule has 1 heterocycles. The fourth-order valence-electron chi connectivity index (χ4n) is 3.23. The van der Waals surface area contributed by atoms with Crippen LogP contribution in [0, 0.1) is 11.2 Å². The standard InChI is InChI=1S/C20H24ClFN4O2/c1-26-7-3-4-13(11-26)28-19-9-14(17(23)10-18(19)27-2)20(24)25-12-5-6-16(22)15(21)8-12/h5-6,8-10,13,23,25H,3-4,7,11,24H2,1-2H3/b20-14+,23-17?. The number of likely N-dealkylation sites (N-methyl/N-ethyl adjacent to an activating group) is 1. The smallest absolute Gasteiger partial charge is 0.162 e. The van der Waals surface area contributed by atoms with Crippen LogP contribution in [-0.4, -0.2) is 44.0 Å². The van der Waals surface area contributed by atoms with Crippen molar-refractivity contribution >= 4 is 23.0 Å². The molecule has 0 amide bonds. The molecular formula is C20H24ClFN4O2. The number of anilines is 1. The number of nitrogens with two attached hydrogens (primary N) is 1. The van der Waals surface area contributed by atoms with Crippen molar-refractivity contribution in [1.82, 2.24) is 4.90 Å². The van der Waals surface area contributed by atoms with Crippen LogP contribution >= 0.6 is 11.6 Å². The van der Waals surface area contributed by atoms with Gasteiger partial charge in [0.2, 0.25) is 0 Å². The van der Waals surface area contributed by atoms with Gasteiger partial charge in [0.05, 0.1) is 17.8 Å². The Morgan fingerprint density at radius 3 is 2.82 bits per heavy atom. The van der Waals surface area contributed by atoms with Gasteiger partial charge in [-0.1, -0.05) is 11.6 Å². The molecular weight excluding hydrogens is 383 g/mol. The maximum atomic E-state index is 13.3. The first kappa shape index (κ1) is 20.2. The molecule has 0 bridgehead atoms. The second-order valence-corrected chi connectivity index (χ2v) is 7.27. The van der Waals surface area contributed by atoms with Gasteiger partial charge in [-0.2, -0.15) is 0 Å². The highest BCUT2D eigenvalue weighted by Crippen LogP contribution is 2.27. The summed E-state index contributed by atoms with van der Waals surface area (Å²) in [6.45, 7) is 1.88. The van der Waals surface area contributed by atoms with E-state index in [2.05, 4.69) is 17.3 Å². The van der Waals surface area contributed by atoms with Crippen molar-refractivity contribution in [1.29, 1.82) is 5.41 Å². The Labute approximate surface area is 168 Å². The molecule has 1 aromatic rings. The van der Waals surface area contributed by atoms with Crippen LogP contribution < -0.4 is 11.1 Å². The van der Waals surface area contributed by atoms with Crippen LogP contribution in [0.25, 0.3) is 0 Å². The van der Waals surface area contributed by atoms with Crippen LogP contribution in [0.15, 0.2) is 53.3 Å². The molecule has 150 valence electrons. The summed E-state index contributed by atoms with van der Waals surface area (Å²) in [5, 5.41) is 11.2. The Bertz CT molecular complexity index is 866. The summed E-state index contributed by atoms with van der Waals surface area (Å²) >= 11 is 5.82. The van der Waals surface area contributed by atoms with Crippen molar-refractivity contribution in [3.8, 4) is 0 Å². The van der Waals surface area contributed by atoms with Gasteiger partial charge in [-0.25, -0.2) is 4.39 Å². The van der Waals surface area contributed by atoms with Crippen molar-refractivity contribution in [2.75, 3.05) is 32.6 Å². The molecule has 2 aliphatic rings. The Hall–Kier alpha value is -2.51. The minimum atomic E-state index is -0.510. The summed E-state index contributed by atoms with van der Waals surface area (Å²) in [4.78, 5) is 2.22. The fourth-order valence-corrected chi connectivity index (χ4v) is 3.41. The predicted octanol–water partition coefficient (Wildman–Crippen LogP) is 3.62. The molecule has 1 atom stereocenters. The molecule has 0 radical (unpaired) electrons. The second-order valence-electron chi connectivity index (χ2n) is 6.86. The van der Waals surface area contributed by atoms with E-state index in [4.69, 9.17) is 32.2 Å². The monoisotopic (exact) mass is 406 g/mol. The van der Waals surface area contributed by atoms with Crippen molar-refractivity contribution in [2.24, 2.45) is 5.73 Å². The van der Waals surface area contributed by atoms with E-state index in [0.29, 0.717) is 22.8 Å². The van der Waals surface area contributed by atoms with Gasteiger partial charge in [-0.05, 0) is 50.7 Å².